The number of fused-ring (bicyclic) bond motifs is 1. The maximum atomic E-state index is 11.9. The minimum Gasteiger partial charge on any atom is -0.419 e. The smallest absolute Gasteiger partial charge is 0.350 e. The Morgan fingerprint density at radius 3 is 2.52 bits per heavy atom. The molecular weight excluding hydrogens is 300 g/mol. The van der Waals surface area contributed by atoms with Gasteiger partial charge in [0.1, 0.15) is 0 Å². The quantitative estimate of drug-likeness (QED) is 0.490. The van der Waals surface area contributed by atoms with Crippen LogP contribution in [0.5, 0.6) is 0 Å². The average Bonchev–Trinajstić information content (AvgIpc) is 2.44. The van der Waals surface area contributed by atoms with Gasteiger partial charge in [-0.1, -0.05) is 6.07 Å². The molecule has 0 spiro atoms. The second kappa shape index (κ2) is 5.42. The summed E-state index contributed by atoms with van der Waals surface area (Å²) in [6, 6.07) is 5.37. The molecule has 2 aliphatic heterocycles. The van der Waals surface area contributed by atoms with E-state index in [2.05, 4.69) is 10.6 Å². The third-order valence-corrected chi connectivity index (χ3v) is 3.54. The number of hydrogen-bond acceptors (Lipinski definition) is 6. The Morgan fingerprint density at radius 2 is 1.83 bits per heavy atom. The molecule has 0 aliphatic carbocycles. The van der Waals surface area contributed by atoms with Crippen LogP contribution in [0.2, 0.25) is 0 Å². The van der Waals surface area contributed by atoms with Crippen LogP contribution in [-0.2, 0) is 30.3 Å². The van der Waals surface area contributed by atoms with Gasteiger partial charge in [0.25, 0.3) is 5.79 Å². The van der Waals surface area contributed by atoms with Crippen LogP contribution < -0.4 is 10.6 Å². The van der Waals surface area contributed by atoms with Crippen LogP contribution in [-0.4, -0.2) is 23.6 Å². The van der Waals surface area contributed by atoms with Gasteiger partial charge >= 0.3 is 11.9 Å². The minimum atomic E-state index is -1.26. The Bertz CT molecular complexity index is 714. The molecule has 0 saturated carbocycles. The normalized spacial score (nSPS) is 19.2. The van der Waals surface area contributed by atoms with Gasteiger partial charge in [-0.2, -0.15) is 0 Å². The highest BCUT2D eigenvalue weighted by Gasteiger charge is 2.39. The molecule has 2 N–H and O–H groups in total. The Hall–Kier alpha value is -2.83. The summed E-state index contributed by atoms with van der Waals surface area (Å²) in [6.07, 6.45) is 2.24. The monoisotopic (exact) mass is 316 g/mol. The van der Waals surface area contributed by atoms with Crippen LogP contribution in [0.4, 0.5) is 11.4 Å². The molecule has 0 unspecified atom stereocenters. The maximum absolute atomic E-state index is 11.9. The lowest BCUT2D eigenvalue weighted by atomic mass is 10.0. The van der Waals surface area contributed by atoms with E-state index >= 15 is 0 Å². The van der Waals surface area contributed by atoms with E-state index in [1.165, 1.54) is 20.0 Å². The molecule has 120 valence electrons. The first-order valence-electron chi connectivity index (χ1n) is 7.21. The largest absolute Gasteiger partial charge is 0.419 e. The van der Waals surface area contributed by atoms with Crippen LogP contribution in [0, 0.1) is 0 Å². The summed E-state index contributed by atoms with van der Waals surface area (Å²) in [6.45, 7) is 2.98. The zero-order chi connectivity index (χ0) is 16.6. The number of cyclic esters (lactones) is 2. The molecular formula is C16H16N2O5. The highest BCUT2D eigenvalue weighted by molar-refractivity contribution is 6.15. The predicted molar refractivity (Wildman–Crippen MR) is 81.4 cm³/mol. The second-order valence-corrected chi connectivity index (χ2v) is 5.76. The maximum Gasteiger partial charge on any atom is 0.350 e. The SMILES string of the molecule is CC1(C)OC(=O)C(=CNc2cccc3c2CCC(=O)N3)C(=O)O1. The van der Waals surface area contributed by atoms with Gasteiger partial charge < -0.3 is 20.1 Å². The number of nitrogens with one attached hydrogen (secondary N) is 2. The van der Waals surface area contributed by atoms with Crippen molar-refractivity contribution in [1.82, 2.24) is 0 Å². The number of carbonyl (C=O) groups is 3. The van der Waals surface area contributed by atoms with Gasteiger partial charge in [-0.15, -0.1) is 0 Å². The lowest BCUT2D eigenvalue weighted by molar-refractivity contribution is -0.222. The van der Waals surface area contributed by atoms with E-state index in [0.717, 1.165) is 11.3 Å². The Balaban J connectivity index is 1.84. The van der Waals surface area contributed by atoms with Gasteiger partial charge in [0, 0.05) is 37.8 Å². The molecule has 23 heavy (non-hydrogen) atoms. The number of esters is 2. The van der Waals surface area contributed by atoms with Crippen molar-refractivity contribution in [1.29, 1.82) is 0 Å². The van der Waals surface area contributed by atoms with E-state index in [1.54, 1.807) is 18.2 Å². The summed E-state index contributed by atoms with van der Waals surface area (Å²) in [5.41, 5.74) is 2.14. The third kappa shape index (κ3) is 3.03. The molecule has 2 aliphatic rings. The van der Waals surface area contributed by atoms with E-state index in [0.29, 0.717) is 18.5 Å². The van der Waals surface area contributed by atoms with Crippen molar-refractivity contribution in [3.8, 4) is 0 Å². The highest BCUT2D eigenvalue weighted by Crippen LogP contribution is 2.30. The number of ether oxygens (including phenoxy) is 2. The van der Waals surface area contributed by atoms with Gasteiger partial charge in [-0.05, 0) is 24.1 Å². The van der Waals surface area contributed by atoms with Gasteiger partial charge in [0.2, 0.25) is 5.91 Å². The molecule has 1 aromatic rings. The van der Waals surface area contributed by atoms with E-state index in [4.69, 9.17) is 9.47 Å². The van der Waals surface area contributed by atoms with Crippen LogP contribution in [0.15, 0.2) is 30.0 Å². The third-order valence-electron chi connectivity index (χ3n) is 3.54. The fourth-order valence-corrected chi connectivity index (χ4v) is 2.49. The van der Waals surface area contributed by atoms with Crippen molar-refractivity contribution in [3.05, 3.63) is 35.5 Å². The average molecular weight is 316 g/mol. The number of anilines is 2. The number of benzene rings is 1. The van der Waals surface area contributed by atoms with E-state index < -0.39 is 17.7 Å². The van der Waals surface area contributed by atoms with Crippen molar-refractivity contribution >= 4 is 29.2 Å². The molecule has 0 bridgehead atoms. The number of rotatable bonds is 2. The predicted octanol–water partition coefficient (Wildman–Crippen LogP) is 1.70. The summed E-state index contributed by atoms with van der Waals surface area (Å²) in [7, 11) is 0. The second-order valence-electron chi connectivity index (χ2n) is 5.76. The summed E-state index contributed by atoms with van der Waals surface area (Å²) < 4.78 is 10.0. The van der Waals surface area contributed by atoms with Crippen LogP contribution in [0.25, 0.3) is 0 Å². The van der Waals surface area contributed by atoms with Crippen molar-refractivity contribution in [2.45, 2.75) is 32.5 Å². The highest BCUT2D eigenvalue weighted by atomic mass is 16.7. The first-order chi connectivity index (χ1) is 10.9. The molecule has 0 atom stereocenters. The molecule has 7 nitrogen and oxygen atoms in total. The zero-order valence-electron chi connectivity index (χ0n) is 12.8. The van der Waals surface area contributed by atoms with Crippen LogP contribution >= 0.6 is 0 Å². The first kappa shape index (κ1) is 15.1. The van der Waals surface area contributed by atoms with Gasteiger partial charge in [0.15, 0.2) is 5.57 Å². The Kier molecular flexibility index (Phi) is 3.55. The van der Waals surface area contributed by atoms with Crippen LogP contribution in [0.1, 0.15) is 25.8 Å². The van der Waals surface area contributed by atoms with E-state index in [-0.39, 0.29) is 11.5 Å². The summed E-state index contributed by atoms with van der Waals surface area (Å²) in [5, 5.41) is 5.71. The zero-order valence-corrected chi connectivity index (χ0v) is 12.8. The van der Waals surface area contributed by atoms with Crippen molar-refractivity contribution in [2.75, 3.05) is 10.6 Å². The van der Waals surface area contributed by atoms with Gasteiger partial charge in [0.05, 0.1) is 0 Å². The molecule has 7 heteroatoms. The molecule has 0 radical (unpaired) electrons. The number of carbonyl (C=O) groups excluding carboxylic acids is 3. The molecule has 2 heterocycles. The van der Waals surface area contributed by atoms with E-state index in [1.807, 2.05) is 0 Å². The molecule has 1 amide bonds. The lowest BCUT2D eigenvalue weighted by Gasteiger charge is -2.29. The van der Waals surface area contributed by atoms with E-state index in [9.17, 15) is 14.4 Å². The minimum absolute atomic E-state index is 0.0327. The fraction of sp³-hybridized carbons (Fsp3) is 0.312. The van der Waals surface area contributed by atoms with Crippen molar-refractivity contribution in [2.24, 2.45) is 0 Å². The molecule has 0 aromatic heterocycles. The molecule has 1 saturated heterocycles. The summed E-state index contributed by atoms with van der Waals surface area (Å²) >= 11 is 0. The summed E-state index contributed by atoms with van der Waals surface area (Å²) in [4.78, 5) is 35.2. The Labute approximate surface area is 132 Å². The van der Waals surface area contributed by atoms with Gasteiger partial charge in [-0.3, -0.25) is 4.79 Å². The standard InChI is InChI=1S/C16H16N2O5/c1-16(2)22-14(20)10(15(21)23-16)8-17-11-4-3-5-12-9(11)6-7-13(19)18-12/h3-5,8,17H,6-7H2,1-2H3,(H,18,19). The molecule has 1 aromatic carbocycles. The summed E-state index contributed by atoms with van der Waals surface area (Å²) in [5.74, 6) is -2.77. The molecule has 1 fully saturated rings. The first-order valence-corrected chi connectivity index (χ1v) is 7.21. The Morgan fingerprint density at radius 1 is 1.13 bits per heavy atom. The lowest BCUT2D eigenvalue weighted by Crippen LogP contribution is -2.42. The number of hydrogen-bond donors (Lipinski definition) is 2. The topological polar surface area (TPSA) is 93.7 Å². The molecule has 3 rings (SSSR count). The van der Waals surface area contributed by atoms with Crippen molar-refractivity contribution < 1.29 is 23.9 Å². The van der Waals surface area contributed by atoms with Crippen LogP contribution in [0.3, 0.4) is 0 Å². The van der Waals surface area contributed by atoms with Gasteiger partial charge in [-0.25, -0.2) is 9.59 Å². The van der Waals surface area contributed by atoms with Crippen molar-refractivity contribution in [3.63, 3.8) is 0 Å². The number of amides is 1. The fourth-order valence-electron chi connectivity index (χ4n) is 2.49.